The van der Waals surface area contributed by atoms with Gasteiger partial charge in [0.05, 0.1) is 18.3 Å². The maximum Gasteiger partial charge on any atom is 0.120 e. The van der Waals surface area contributed by atoms with E-state index < -0.39 is 7.92 Å². The Morgan fingerprint density at radius 1 is 0.484 bits per heavy atom. The zero-order valence-electron chi connectivity index (χ0n) is 19.3. The summed E-state index contributed by atoms with van der Waals surface area (Å²) in [5, 5.41) is 3.70. The van der Waals surface area contributed by atoms with E-state index in [1.165, 1.54) is 15.9 Å². The van der Waals surface area contributed by atoms with E-state index in [0.717, 1.165) is 17.2 Å². The number of hydrogen-bond donors (Lipinski definition) is 0. The van der Waals surface area contributed by atoms with Gasteiger partial charge in [0.1, 0.15) is 17.2 Å². The van der Waals surface area contributed by atoms with Crippen LogP contribution in [0.15, 0.2) is 72.8 Å². The molecule has 0 saturated carbocycles. The zero-order valence-corrected chi connectivity index (χ0v) is 20.2. The highest BCUT2D eigenvalue weighted by atomic mass is 31.1. The van der Waals surface area contributed by atoms with Crippen molar-refractivity contribution in [2.24, 2.45) is 0 Å². The Kier molecular flexibility index (Phi) is 7.98. The van der Waals surface area contributed by atoms with Crippen LogP contribution in [0.25, 0.3) is 0 Å². The van der Waals surface area contributed by atoms with Gasteiger partial charge in [-0.3, -0.25) is 0 Å². The van der Waals surface area contributed by atoms with E-state index in [4.69, 9.17) is 14.2 Å². The Labute approximate surface area is 188 Å². The summed E-state index contributed by atoms with van der Waals surface area (Å²) in [5.41, 5.74) is 0. The summed E-state index contributed by atoms with van der Waals surface area (Å²) in [6.07, 6.45) is 0.394. The van der Waals surface area contributed by atoms with Crippen LogP contribution in [0, 0.1) is 0 Å². The molecule has 0 unspecified atom stereocenters. The second kappa shape index (κ2) is 10.7. The minimum atomic E-state index is -0.810. The van der Waals surface area contributed by atoms with Crippen molar-refractivity contribution in [3.05, 3.63) is 72.8 Å². The molecule has 0 aromatic heterocycles. The summed E-state index contributed by atoms with van der Waals surface area (Å²) in [7, 11) is -0.810. The molecule has 3 aromatic carbocycles. The predicted octanol–water partition coefficient (Wildman–Crippen LogP) is 5.81. The Morgan fingerprint density at radius 3 is 1.03 bits per heavy atom. The van der Waals surface area contributed by atoms with Crippen LogP contribution >= 0.6 is 7.92 Å². The molecular formula is C27H33O3P. The number of hydrogen-bond acceptors (Lipinski definition) is 3. The van der Waals surface area contributed by atoms with Gasteiger partial charge in [0.15, 0.2) is 0 Å². The fourth-order valence-electron chi connectivity index (χ4n) is 3.35. The molecule has 3 aromatic rings. The van der Waals surface area contributed by atoms with Crippen LogP contribution in [0.3, 0.4) is 0 Å². The van der Waals surface area contributed by atoms with Crippen molar-refractivity contribution < 1.29 is 14.2 Å². The lowest BCUT2D eigenvalue weighted by atomic mass is 10.3. The molecule has 0 aliphatic rings. The molecule has 0 atom stereocenters. The summed E-state index contributed by atoms with van der Waals surface area (Å²) in [5.74, 6) is 2.68. The first-order valence-electron chi connectivity index (χ1n) is 10.9. The van der Waals surface area contributed by atoms with Gasteiger partial charge in [0.2, 0.25) is 0 Å². The third-order valence-electron chi connectivity index (χ3n) is 4.34. The van der Waals surface area contributed by atoms with Gasteiger partial charge in [0.25, 0.3) is 0 Å². The van der Waals surface area contributed by atoms with Crippen molar-refractivity contribution >= 4 is 23.8 Å². The molecule has 4 heteroatoms. The summed E-state index contributed by atoms with van der Waals surface area (Å²) in [6, 6.07) is 25.3. The highest BCUT2D eigenvalue weighted by Crippen LogP contribution is 2.36. The van der Waals surface area contributed by atoms with Crippen LogP contribution in [0.5, 0.6) is 17.2 Å². The van der Waals surface area contributed by atoms with Gasteiger partial charge >= 0.3 is 0 Å². The van der Waals surface area contributed by atoms with Gasteiger partial charge in [-0.1, -0.05) is 36.4 Å². The topological polar surface area (TPSA) is 27.7 Å². The Hall–Kier alpha value is -2.51. The van der Waals surface area contributed by atoms with Crippen LogP contribution in [0.4, 0.5) is 0 Å². The average molecular weight is 437 g/mol. The van der Waals surface area contributed by atoms with Crippen LogP contribution < -0.4 is 30.1 Å². The standard InChI is InChI=1S/C27H33O3P/c1-19(2)28-22-10-7-13-25(16-22)31(26-14-8-11-23(17-26)29-20(3)4)27-15-9-12-24(18-27)30-21(5)6/h7-21H,1-6H3. The Morgan fingerprint density at radius 2 is 0.774 bits per heavy atom. The maximum atomic E-state index is 5.99. The number of benzene rings is 3. The normalized spacial score (nSPS) is 11.4. The van der Waals surface area contributed by atoms with E-state index >= 15 is 0 Å². The van der Waals surface area contributed by atoms with E-state index in [0.29, 0.717) is 0 Å². The first-order valence-corrected chi connectivity index (χ1v) is 12.3. The highest BCUT2D eigenvalue weighted by molar-refractivity contribution is 7.79. The lowest BCUT2D eigenvalue weighted by Gasteiger charge is -2.22. The van der Waals surface area contributed by atoms with E-state index in [9.17, 15) is 0 Å². The lowest BCUT2D eigenvalue weighted by molar-refractivity contribution is 0.242. The van der Waals surface area contributed by atoms with Crippen LogP contribution in [0.2, 0.25) is 0 Å². The van der Waals surface area contributed by atoms with Crippen LogP contribution in [-0.4, -0.2) is 18.3 Å². The molecule has 164 valence electrons. The van der Waals surface area contributed by atoms with Gasteiger partial charge in [-0.25, -0.2) is 0 Å². The fourth-order valence-corrected chi connectivity index (χ4v) is 5.72. The third kappa shape index (κ3) is 6.74. The molecule has 0 N–H and O–H groups in total. The van der Waals surface area contributed by atoms with E-state index in [1.807, 2.05) is 18.2 Å². The van der Waals surface area contributed by atoms with Gasteiger partial charge in [-0.05, 0) is 102 Å². The molecule has 0 heterocycles. The summed E-state index contributed by atoms with van der Waals surface area (Å²) < 4.78 is 18.0. The molecule has 0 bridgehead atoms. The Balaban J connectivity index is 2.09. The van der Waals surface area contributed by atoms with Crippen molar-refractivity contribution in [1.82, 2.24) is 0 Å². The minimum absolute atomic E-state index is 0.131. The average Bonchev–Trinajstić information content (AvgIpc) is 2.68. The molecule has 0 spiro atoms. The number of ether oxygens (including phenoxy) is 3. The molecule has 0 saturated heterocycles. The van der Waals surface area contributed by atoms with Gasteiger partial charge in [0, 0.05) is 0 Å². The molecular weight excluding hydrogens is 403 g/mol. The lowest BCUT2D eigenvalue weighted by Crippen LogP contribution is -2.22. The summed E-state index contributed by atoms with van der Waals surface area (Å²) in [6.45, 7) is 12.3. The molecule has 0 fully saturated rings. The van der Waals surface area contributed by atoms with E-state index in [1.54, 1.807) is 0 Å². The van der Waals surface area contributed by atoms with Crippen molar-refractivity contribution in [2.45, 2.75) is 59.9 Å². The molecule has 0 aliphatic carbocycles. The van der Waals surface area contributed by atoms with Crippen LogP contribution in [0.1, 0.15) is 41.5 Å². The summed E-state index contributed by atoms with van der Waals surface area (Å²) in [4.78, 5) is 0. The zero-order chi connectivity index (χ0) is 22.4. The monoisotopic (exact) mass is 436 g/mol. The van der Waals surface area contributed by atoms with Crippen molar-refractivity contribution in [2.75, 3.05) is 0 Å². The first-order chi connectivity index (χ1) is 14.8. The van der Waals surface area contributed by atoms with Crippen molar-refractivity contribution in [1.29, 1.82) is 0 Å². The predicted molar refractivity (Wildman–Crippen MR) is 132 cm³/mol. The van der Waals surface area contributed by atoms with Crippen LogP contribution in [-0.2, 0) is 0 Å². The SMILES string of the molecule is CC(C)Oc1cccc(P(c2cccc(OC(C)C)c2)c2cccc(OC(C)C)c2)c1. The first kappa shape index (κ1) is 23.2. The third-order valence-corrected chi connectivity index (χ3v) is 6.73. The largest absolute Gasteiger partial charge is 0.491 e. The molecule has 0 aliphatic heterocycles. The van der Waals surface area contributed by atoms with Crippen molar-refractivity contribution in [3.8, 4) is 17.2 Å². The van der Waals surface area contributed by atoms with Gasteiger partial charge in [-0.2, -0.15) is 0 Å². The molecule has 3 nitrogen and oxygen atoms in total. The number of rotatable bonds is 9. The van der Waals surface area contributed by atoms with E-state index in [2.05, 4.69) is 96.1 Å². The molecule has 0 amide bonds. The molecule has 0 radical (unpaired) electrons. The second-order valence-corrected chi connectivity index (χ2v) is 10.5. The smallest absolute Gasteiger partial charge is 0.120 e. The second-order valence-electron chi connectivity index (χ2n) is 8.33. The highest BCUT2D eigenvalue weighted by Gasteiger charge is 2.19. The fraction of sp³-hybridized carbons (Fsp3) is 0.333. The van der Waals surface area contributed by atoms with Gasteiger partial charge < -0.3 is 14.2 Å². The molecule has 3 rings (SSSR count). The quantitative estimate of drug-likeness (QED) is 0.397. The molecule has 31 heavy (non-hydrogen) atoms. The van der Waals surface area contributed by atoms with Gasteiger partial charge in [-0.15, -0.1) is 0 Å². The van der Waals surface area contributed by atoms with E-state index in [-0.39, 0.29) is 18.3 Å². The van der Waals surface area contributed by atoms with Crippen molar-refractivity contribution in [3.63, 3.8) is 0 Å². The maximum absolute atomic E-state index is 5.99. The summed E-state index contributed by atoms with van der Waals surface area (Å²) >= 11 is 0. The Bertz CT molecular complexity index is 854. The minimum Gasteiger partial charge on any atom is -0.491 e.